The Morgan fingerprint density at radius 1 is 1.16 bits per heavy atom. The Balaban J connectivity index is 2.01. The first-order valence-corrected chi connectivity index (χ1v) is 5.65. The molecular formula is C15H11NO3. The number of benzene rings is 2. The quantitative estimate of drug-likeness (QED) is 0.850. The van der Waals surface area contributed by atoms with Gasteiger partial charge in [0.15, 0.2) is 6.61 Å². The van der Waals surface area contributed by atoms with Crippen LogP contribution < -0.4 is 4.74 Å². The molecule has 0 aliphatic carbocycles. The van der Waals surface area contributed by atoms with Crippen molar-refractivity contribution in [3.63, 3.8) is 0 Å². The largest absolute Gasteiger partial charge is 0.507 e. The Morgan fingerprint density at radius 3 is 2.47 bits per heavy atom. The topological polar surface area (TPSA) is 70.3 Å². The average Bonchev–Trinajstić information content (AvgIpc) is 2.46. The molecule has 94 valence electrons. The fourth-order valence-electron chi connectivity index (χ4n) is 1.56. The van der Waals surface area contributed by atoms with E-state index in [0.29, 0.717) is 11.3 Å². The molecule has 0 heterocycles. The number of ether oxygens (including phenoxy) is 1. The van der Waals surface area contributed by atoms with E-state index in [-0.39, 0.29) is 23.7 Å². The summed E-state index contributed by atoms with van der Waals surface area (Å²) in [6.45, 7) is -0.163. The minimum absolute atomic E-state index is 0.0593. The third-order valence-electron chi connectivity index (χ3n) is 2.56. The number of hydrogen-bond acceptors (Lipinski definition) is 4. The Hall–Kier alpha value is -2.80. The summed E-state index contributed by atoms with van der Waals surface area (Å²) < 4.78 is 5.31. The van der Waals surface area contributed by atoms with Crippen LogP contribution in [-0.2, 0) is 0 Å². The molecule has 0 saturated heterocycles. The maximum absolute atomic E-state index is 11.8. The lowest BCUT2D eigenvalue weighted by Gasteiger charge is -2.06. The summed E-state index contributed by atoms with van der Waals surface area (Å²) in [5.74, 6) is 0.140. The summed E-state index contributed by atoms with van der Waals surface area (Å²) in [6.07, 6.45) is 0. The molecule has 19 heavy (non-hydrogen) atoms. The van der Waals surface area contributed by atoms with E-state index < -0.39 is 0 Å². The highest BCUT2D eigenvalue weighted by atomic mass is 16.5. The van der Waals surface area contributed by atoms with Gasteiger partial charge in [-0.05, 0) is 36.4 Å². The summed E-state index contributed by atoms with van der Waals surface area (Å²) >= 11 is 0. The van der Waals surface area contributed by atoms with E-state index >= 15 is 0 Å². The van der Waals surface area contributed by atoms with Crippen molar-refractivity contribution in [2.45, 2.75) is 0 Å². The number of Topliss-reactive ketones (excluding diaryl/α,β-unsaturated/α-hetero) is 1. The van der Waals surface area contributed by atoms with E-state index in [9.17, 15) is 9.90 Å². The van der Waals surface area contributed by atoms with Crippen molar-refractivity contribution in [1.29, 1.82) is 5.26 Å². The molecule has 4 nitrogen and oxygen atoms in total. The van der Waals surface area contributed by atoms with Gasteiger partial charge in [0.1, 0.15) is 11.5 Å². The molecule has 2 aromatic rings. The average molecular weight is 253 g/mol. The van der Waals surface area contributed by atoms with Crippen LogP contribution in [0.3, 0.4) is 0 Å². The Bertz CT molecular complexity index is 627. The number of carbonyl (C=O) groups is 1. The molecule has 0 fully saturated rings. The lowest BCUT2D eigenvalue weighted by atomic mass is 10.1. The zero-order chi connectivity index (χ0) is 13.7. The second-order valence-electron chi connectivity index (χ2n) is 3.87. The molecule has 0 atom stereocenters. The van der Waals surface area contributed by atoms with Gasteiger partial charge in [-0.3, -0.25) is 4.79 Å². The minimum Gasteiger partial charge on any atom is -0.507 e. The zero-order valence-electron chi connectivity index (χ0n) is 10.0. The number of ketones is 1. The van der Waals surface area contributed by atoms with Gasteiger partial charge in [-0.15, -0.1) is 0 Å². The van der Waals surface area contributed by atoms with Crippen molar-refractivity contribution in [3.8, 4) is 17.6 Å². The van der Waals surface area contributed by atoms with Crippen LogP contribution in [0, 0.1) is 11.3 Å². The van der Waals surface area contributed by atoms with Gasteiger partial charge >= 0.3 is 0 Å². The van der Waals surface area contributed by atoms with Gasteiger partial charge < -0.3 is 9.84 Å². The molecule has 0 aliphatic heterocycles. The van der Waals surface area contributed by atoms with Gasteiger partial charge in [-0.25, -0.2) is 0 Å². The van der Waals surface area contributed by atoms with Crippen molar-refractivity contribution in [3.05, 3.63) is 59.7 Å². The molecule has 0 aliphatic rings. The standard InChI is InChI=1S/C15H11NO3/c16-9-11-5-7-12(8-6-11)19-10-15(18)13-3-1-2-4-14(13)17/h1-8,17H,10H2. The second kappa shape index (κ2) is 5.69. The van der Waals surface area contributed by atoms with Crippen molar-refractivity contribution in [1.82, 2.24) is 0 Å². The summed E-state index contributed by atoms with van der Waals surface area (Å²) in [5.41, 5.74) is 0.760. The molecule has 0 unspecified atom stereocenters. The summed E-state index contributed by atoms with van der Waals surface area (Å²) in [7, 11) is 0. The molecule has 0 bridgehead atoms. The lowest BCUT2D eigenvalue weighted by molar-refractivity contribution is 0.0919. The Labute approximate surface area is 110 Å². The third-order valence-corrected chi connectivity index (χ3v) is 2.56. The number of hydrogen-bond donors (Lipinski definition) is 1. The number of aromatic hydroxyl groups is 1. The minimum atomic E-state index is -0.303. The fourth-order valence-corrected chi connectivity index (χ4v) is 1.56. The highest BCUT2D eigenvalue weighted by Gasteiger charge is 2.10. The number of nitriles is 1. The number of rotatable bonds is 4. The first-order chi connectivity index (χ1) is 9.20. The molecular weight excluding hydrogens is 242 g/mol. The van der Waals surface area contributed by atoms with E-state index in [1.807, 2.05) is 6.07 Å². The van der Waals surface area contributed by atoms with Gasteiger partial charge in [-0.2, -0.15) is 5.26 Å². The Kier molecular flexibility index (Phi) is 3.79. The van der Waals surface area contributed by atoms with Crippen molar-refractivity contribution >= 4 is 5.78 Å². The van der Waals surface area contributed by atoms with Gasteiger partial charge in [0.25, 0.3) is 0 Å². The number of phenols is 1. The van der Waals surface area contributed by atoms with Gasteiger partial charge in [-0.1, -0.05) is 12.1 Å². The van der Waals surface area contributed by atoms with Crippen LogP contribution in [0.5, 0.6) is 11.5 Å². The monoisotopic (exact) mass is 253 g/mol. The van der Waals surface area contributed by atoms with Crippen LogP contribution in [0.2, 0.25) is 0 Å². The normalized spacial score (nSPS) is 9.63. The van der Waals surface area contributed by atoms with Crippen molar-refractivity contribution in [2.24, 2.45) is 0 Å². The maximum atomic E-state index is 11.8. The van der Waals surface area contributed by atoms with Crippen LogP contribution in [0.15, 0.2) is 48.5 Å². The fraction of sp³-hybridized carbons (Fsp3) is 0.0667. The molecule has 2 aromatic carbocycles. The first kappa shape index (κ1) is 12.7. The van der Waals surface area contributed by atoms with Gasteiger partial charge in [0.05, 0.1) is 17.2 Å². The molecule has 0 amide bonds. The predicted octanol–water partition coefficient (Wildman–Crippen LogP) is 2.53. The SMILES string of the molecule is N#Cc1ccc(OCC(=O)c2ccccc2O)cc1. The highest BCUT2D eigenvalue weighted by molar-refractivity contribution is 5.99. The maximum Gasteiger partial charge on any atom is 0.203 e. The van der Waals surface area contributed by atoms with E-state index in [1.165, 1.54) is 6.07 Å². The van der Waals surface area contributed by atoms with Crippen LogP contribution in [0.25, 0.3) is 0 Å². The van der Waals surface area contributed by atoms with Crippen LogP contribution in [0.1, 0.15) is 15.9 Å². The first-order valence-electron chi connectivity index (χ1n) is 5.65. The van der Waals surface area contributed by atoms with E-state index in [4.69, 9.17) is 10.00 Å². The number of carbonyl (C=O) groups excluding carboxylic acids is 1. The Morgan fingerprint density at radius 2 is 1.84 bits per heavy atom. The smallest absolute Gasteiger partial charge is 0.203 e. The summed E-state index contributed by atoms with van der Waals surface area (Å²) in [5, 5.41) is 18.2. The summed E-state index contributed by atoms with van der Waals surface area (Å²) in [4.78, 5) is 11.8. The van der Waals surface area contributed by atoms with Crippen LogP contribution >= 0.6 is 0 Å². The van der Waals surface area contributed by atoms with Crippen LogP contribution in [-0.4, -0.2) is 17.5 Å². The molecule has 2 rings (SSSR count). The third kappa shape index (κ3) is 3.11. The van der Waals surface area contributed by atoms with Crippen LogP contribution in [0.4, 0.5) is 0 Å². The van der Waals surface area contributed by atoms with E-state index in [1.54, 1.807) is 42.5 Å². The van der Waals surface area contributed by atoms with E-state index in [2.05, 4.69) is 0 Å². The molecule has 0 radical (unpaired) electrons. The molecule has 0 aromatic heterocycles. The zero-order valence-corrected chi connectivity index (χ0v) is 10.0. The van der Waals surface area contributed by atoms with Gasteiger partial charge in [0, 0.05) is 0 Å². The number of phenolic OH excluding ortho intramolecular Hbond substituents is 1. The molecule has 1 N–H and O–H groups in total. The van der Waals surface area contributed by atoms with Crippen molar-refractivity contribution < 1.29 is 14.6 Å². The number of para-hydroxylation sites is 1. The summed E-state index contributed by atoms with van der Waals surface area (Å²) in [6, 6.07) is 14.8. The van der Waals surface area contributed by atoms with E-state index in [0.717, 1.165) is 0 Å². The molecule has 4 heteroatoms. The molecule has 0 spiro atoms. The predicted molar refractivity (Wildman–Crippen MR) is 69.1 cm³/mol. The highest BCUT2D eigenvalue weighted by Crippen LogP contribution is 2.17. The van der Waals surface area contributed by atoms with Crippen molar-refractivity contribution in [2.75, 3.05) is 6.61 Å². The second-order valence-corrected chi connectivity index (χ2v) is 3.87. The number of nitrogens with zero attached hydrogens (tertiary/aromatic N) is 1. The van der Waals surface area contributed by atoms with Gasteiger partial charge in [0.2, 0.25) is 5.78 Å². The molecule has 0 saturated carbocycles. The lowest BCUT2D eigenvalue weighted by Crippen LogP contribution is -2.11.